The highest BCUT2D eigenvalue weighted by Gasteiger charge is 1.90. The molecule has 0 saturated heterocycles. The van der Waals surface area contributed by atoms with Gasteiger partial charge in [0.1, 0.15) is 0 Å². The molecule has 2 nitrogen and oxygen atoms in total. The molecule has 0 rings (SSSR count). The molecule has 0 aromatic rings. The Balaban J connectivity index is 2.83. The molecule has 0 heterocycles. The van der Waals surface area contributed by atoms with Gasteiger partial charge in [-0.05, 0) is 13.3 Å². The Morgan fingerprint density at radius 1 is 1.71 bits per heavy atom. The normalized spacial score (nSPS) is 14.1. The quantitative estimate of drug-likeness (QED) is 0.555. The van der Waals surface area contributed by atoms with Crippen molar-refractivity contribution in [1.29, 1.82) is 0 Å². The maximum Gasteiger partial charge on any atom is 0.0592 e. The van der Waals surface area contributed by atoms with E-state index >= 15 is 0 Å². The first-order chi connectivity index (χ1) is 3.31. The fourth-order valence-electron chi connectivity index (χ4n) is 0.319. The summed E-state index contributed by atoms with van der Waals surface area (Å²) in [4.78, 5) is 0. The molecule has 7 heavy (non-hydrogen) atoms. The lowest BCUT2D eigenvalue weighted by atomic mass is 10.3. The summed E-state index contributed by atoms with van der Waals surface area (Å²) in [7, 11) is 0. The van der Waals surface area contributed by atoms with Crippen LogP contribution >= 0.6 is 0 Å². The number of rotatable bonds is 3. The summed E-state index contributed by atoms with van der Waals surface area (Å²) in [6, 6.07) is 0.512. The second kappa shape index (κ2) is 4.09. The molecule has 1 atom stereocenters. The van der Waals surface area contributed by atoms with Crippen LogP contribution in [-0.2, 0) is 0 Å². The smallest absolute Gasteiger partial charge is 0.0592 e. The van der Waals surface area contributed by atoms with Crippen LogP contribution in [0.4, 0.5) is 0 Å². The van der Waals surface area contributed by atoms with E-state index in [1.807, 2.05) is 0 Å². The van der Waals surface area contributed by atoms with Gasteiger partial charge in [0, 0.05) is 6.04 Å². The second-order valence-electron chi connectivity index (χ2n) is 1.69. The average Bonchev–Trinajstić information content (AvgIpc) is 1.68. The highest BCUT2D eigenvalue weighted by molar-refractivity contribution is 4.52. The van der Waals surface area contributed by atoms with Gasteiger partial charge >= 0.3 is 0 Å². The molecule has 0 fully saturated rings. The first-order valence-electron chi connectivity index (χ1n) is 2.69. The molecule has 0 bridgehead atoms. The van der Waals surface area contributed by atoms with Gasteiger partial charge in [0.05, 0.1) is 6.67 Å². The van der Waals surface area contributed by atoms with E-state index in [9.17, 15) is 0 Å². The van der Waals surface area contributed by atoms with Gasteiger partial charge in [-0.3, -0.25) is 0 Å². The zero-order chi connectivity index (χ0) is 5.70. The van der Waals surface area contributed by atoms with Crippen LogP contribution in [0.5, 0.6) is 0 Å². The highest BCUT2D eigenvalue weighted by Crippen LogP contribution is 1.83. The first-order valence-corrected chi connectivity index (χ1v) is 2.69. The summed E-state index contributed by atoms with van der Waals surface area (Å²) in [5.74, 6) is 0. The fourth-order valence-corrected chi connectivity index (χ4v) is 0.319. The number of nitrogens with one attached hydrogen (secondary N) is 2. The summed E-state index contributed by atoms with van der Waals surface area (Å²) < 4.78 is 0. The maximum atomic E-state index is 6.73. The minimum Gasteiger partial charge on any atom is -0.301 e. The van der Waals surface area contributed by atoms with E-state index in [4.69, 9.17) is 5.73 Å². The Hall–Kier alpha value is -0.0800. The molecule has 2 N–H and O–H groups in total. The van der Waals surface area contributed by atoms with Gasteiger partial charge in [-0.25, -0.2) is 5.73 Å². The Morgan fingerprint density at radius 3 is 2.43 bits per heavy atom. The van der Waals surface area contributed by atoms with Crippen LogP contribution in [-0.4, -0.2) is 12.7 Å². The molecule has 2 heteroatoms. The van der Waals surface area contributed by atoms with E-state index in [0.717, 1.165) is 6.42 Å². The predicted octanol–water partition coefficient (Wildman–Crippen LogP) is 0.615. The van der Waals surface area contributed by atoms with E-state index < -0.39 is 0 Å². The Labute approximate surface area is 45.1 Å². The second-order valence-corrected chi connectivity index (χ2v) is 1.69. The van der Waals surface area contributed by atoms with E-state index in [1.54, 1.807) is 0 Å². The largest absolute Gasteiger partial charge is 0.301 e. The average molecular weight is 101 g/mol. The lowest BCUT2D eigenvalue weighted by molar-refractivity contribution is 0.540. The van der Waals surface area contributed by atoms with Crippen molar-refractivity contribution in [1.82, 2.24) is 11.1 Å². The monoisotopic (exact) mass is 101 g/mol. The van der Waals surface area contributed by atoms with Gasteiger partial charge in [0.25, 0.3) is 0 Å². The summed E-state index contributed by atoms with van der Waals surface area (Å²) in [5.41, 5.74) is 6.73. The Morgan fingerprint density at radius 2 is 2.29 bits per heavy atom. The van der Waals surface area contributed by atoms with E-state index in [2.05, 4.69) is 19.2 Å². The standard InChI is InChI=1S/C5H13N2/c1-3-5(2)7-4-6/h5-7H,3-4H2,1-2H3. The first kappa shape index (κ1) is 6.92. The number of hydrogen-bond acceptors (Lipinski definition) is 1. The van der Waals surface area contributed by atoms with Crippen molar-refractivity contribution in [2.24, 2.45) is 0 Å². The van der Waals surface area contributed by atoms with Crippen LogP contribution < -0.4 is 11.1 Å². The fraction of sp³-hybridized carbons (Fsp3) is 1.00. The van der Waals surface area contributed by atoms with Gasteiger partial charge in [-0.15, -0.1) is 0 Å². The van der Waals surface area contributed by atoms with Gasteiger partial charge in [-0.1, -0.05) is 6.92 Å². The van der Waals surface area contributed by atoms with Crippen molar-refractivity contribution < 1.29 is 0 Å². The molecule has 0 aromatic heterocycles. The summed E-state index contributed by atoms with van der Waals surface area (Å²) in [5, 5.41) is 2.96. The molecule has 0 aromatic carbocycles. The molecular weight excluding hydrogens is 88.1 g/mol. The van der Waals surface area contributed by atoms with Gasteiger partial charge in [0.15, 0.2) is 0 Å². The van der Waals surface area contributed by atoms with E-state index in [0.29, 0.717) is 12.7 Å². The lowest BCUT2D eigenvalue weighted by Crippen LogP contribution is -2.26. The van der Waals surface area contributed by atoms with Crippen LogP contribution in [0.15, 0.2) is 0 Å². The topological polar surface area (TPSA) is 35.8 Å². The molecule has 1 unspecified atom stereocenters. The Bertz CT molecular complexity index is 37.1. The minimum absolute atomic E-state index is 0.342. The molecule has 1 radical (unpaired) electrons. The third-order valence-electron chi connectivity index (χ3n) is 1.06. The molecule has 0 aliphatic heterocycles. The molecule has 0 saturated carbocycles. The van der Waals surface area contributed by atoms with Gasteiger partial charge in [0.2, 0.25) is 0 Å². The molecular formula is C5H13N2. The lowest BCUT2D eigenvalue weighted by Gasteiger charge is -2.05. The maximum absolute atomic E-state index is 6.73. The van der Waals surface area contributed by atoms with Crippen molar-refractivity contribution >= 4 is 0 Å². The molecule has 0 amide bonds. The highest BCUT2D eigenvalue weighted by atomic mass is 15.0. The minimum atomic E-state index is 0.342. The summed E-state index contributed by atoms with van der Waals surface area (Å²) >= 11 is 0. The van der Waals surface area contributed by atoms with Crippen molar-refractivity contribution in [3.63, 3.8) is 0 Å². The van der Waals surface area contributed by atoms with E-state index in [1.165, 1.54) is 0 Å². The van der Waals surface area contributed by atoms with Gasteiger partial charge in [-0.2, -0.15) is 0 Å². The third kappa shape index (κ3) is 3.76. The zero-order valence-corrected chi connectivity index (χ0v) is 4.99. The molecule has 43 valence electrons. The molecule has 0 aliphatic carbocycles. The summed E-state index contributed by atoms with van der Waals surface area (Å²) in [6.45, 7) is 4.52. The van der Waals surface area contributed by atoms with Crippen LogP contribution in [0.2, 0.25) is 0 Å². The van der Waals surface area contributed by atoms with Crippen LogP contribution in [0, 0.1) is 0 Å². The van der Waals surface area contributed by atoms with Crippen LogP contribution in [0.1, 0.15) is 20.3 Å². The van der Waals surface area contributed by atoms with Crippen LogP contribution in [0.3, 0.4) is 0 Å². The predicted molar refractivity (Wildman–Crippen MR) is 30.9 cm³/mol. The summed E-state index contributed by atoms with van der Waals surface area (Å²) in [6.07, 6.45) is 1.11. The Kier molecular flexibility index (Phi) is 4.04. The SMILES string of the molecule is CCC(C)NC[NH]. The zero-order valence-electron chi connectivity index (χ0n) is 4.99. The van der Waals surface area contributed by atoms with Crippen LogP contribution in [0.25, 0.3) is 0 Å². The van der Waals surface area contributed by atoms with E-state index in [-0.39, 0.29) is 0 Å². The van der Waals surface area contributed by atoms with Gasteiger partial charge < -0.3 is 5.32 Å². The molecule has 0 aliphatic rings. The van der Waals surface area contributed by atoms with Crippen molar-refractivity contribution in [2.45, 2.75) is 26.3 Å². The van der Waals surface area contributed by atoms with Crippen molar-refractivity contribution in [2.75, 3.05) is 6.67 Å². The third-order valence-corrected chi connectivity index (χ3v) is 1.06. The molecule has 0 spiro atoms. The van der Waals surface area contributed by atoms with Crippen molar-refractivity contribution in [3.8, 4) is 0 Å². The number of hydrogen-bond donors (Lipinski definition) is 1. The van der Waals surface area contributed by atoms with Crippen molar-refractivity contribution in [3.05, 3.63) is 0 Å².